The second-order valence-corrected chi connectivity index (χ2v) is 3.54. The molecule has 0 unspecified atom stereocenters. The molecular formula is C12H11NO2. The smallest absolute Gasteiger partial charge is 0.152 e. The van der Waals surface area contributed by atoms with Crippen LogP contribution in [0.4, 0.5) is 0 Å². The van der Waals surface area contributed by atoms with Crippen molar-refractivity contribution in [3.8, 4) is 0 Å². The van der Waals surface area contributed by atoms with Crippen LogP contribution in [0.25, 0.3) is 10.9 Å². The number of benzene rings is 1. The molecule has 1 aromatic heterocycles. The van der Waals surface area contributed by atoms with E-state index in [4.69, 9.17) is 0 Å². The minimum absolute atomic E-state index is 0.285. The Hall–Kier alpha value is -1.90. The molecule has 0 bridgehead atoms. The lowest BCUT2D eigenvalue weighted by molar-refractivity contribution is -0.108. The van der Waals surface area contributed by atoms with Crippen LogP contribution in [0.1, 0.15) is 15.9 Å². The van der Waals surface area contributed by atoms with Crippen LogP contribution in [-0.4, -0.2) is 17.1 Å². The molecule has 76 valence electrons. The van der Waals surface area contributed by atoms with Crippen molar-refractivity contribution in [3.05, 3.63) is 35.5 Å². The molecule has 0 fully saturated rings. The van der Waals surface area contributed by atoms with Crippen LogP contribution in [0.3, 0.4) is 0 Å². The number of rotatable bonds is 3. The highest BCUT2D eigenvalue weighted by atomic mass is 16.1. The number of fused-ring (bicyclic) bond motifs is 1. The maximum Gasteiger partial charge on any atom is 0.152 e. The molecule has 0 spiro atoms. The molecule has 3 heteroatoms. The Morgan fingerprint density at radius 1 is 1.33 bits per heavy atom. The molecule has 1 aromatic carbocycles. The summed E-state index contributed by atoms with van der Waals surface area (Å²) in [6, 6.07) is 5.86. The summed E-state index contributed by atoms with van der Waals surface area (Å²) in [6.07, 6.45) is 3.36. The second-order valence-electron chi connectivity index (χ2n) is 3.54. The van der Waals surface area contributed by atoms with Gasteiger partial charge in [-0.05, 0) is 19.1 Å². The number of hydrogen-bond donors (Lipinski definition) is 0. The lowest BCUT2D eigenvalue weighted by atomic mass is 10.1. The van der Waals surface area contributed by atoms with Crippen molar-refractivity contribution in [2.45, 2.75) is 13.5 Å². The third-order valence-corrected chi connectivity index (χ3v) is 2.47. The van der Waals surface area contributed by atoms with E-state index in [0.717, 1.165) is 29.0 Å². The maximum absolute atomic E-state index is 10.8. The Morgan fingerprint density at radius 2 is 2.13 bits per heavy atom. The van der Waals surface area contributed by atoms with Crippen LogP contribution < -0.4 is 0 Å². The molecular weight excluding hydrogens is 190 g/mol. The van der Waals surface area contributed by atoms with Crippen molar-refractivity contribution in [2.24, 2.45) is 0 Å². The van der Waals surface area contributed by atoms with Crippen molar-refractivity contribution in [3.63, 3.8) is 0 Å². The van der Waals surface area contributed by atoms with E-state index < -0.39 is 0 Å². The molecule has 15 heavy (non-hydrogen) atoms. The van der Waals surface area contributed by atoms with Gasteiger partial charge in [-0.2, -0.15) is 0 Å². The Morgan fingerprint density at radius 3 is 2.80 bits per heavy atom. The van der Waals surface area contributed by atoms with Crippen LogP contribution in [0.15, 0.2) is 24.4 Å². The fraction of sp³-hybridized carbons (Fsp3) is 0.167. The third kappa shape index (κ3) is 1.56. The number of aldehydes is 2. The topological polar surface area (TPSA) is 39.1 Å². The van der Waals surface area contributed by atoms with Gasteiger partial charge in [0.25, 0.3) is 0 Å². The van der Waals surface area contributed by atoms with Crippen LogP contribution in [0.2, 0.25) is 0 Å². The van der Waals surface area contributed by atoms with Crippen molar-refractivity contribution < 1.29 is 9.59 Å². The van der Waals surface area contributed by atoms with Crippen molar-refractivity contribution in [2.75, 3.05) is 0 Å². The van der Waals surface area contributed by atoms with Crippen molar-refractivity contribution in [1.82, 2.24) is 4.57 Å². The standard InChI is InChI=1S/C12H11NO2/c1-9-2-3-12-11(6-9)10(8-15)7-13(12)4-5-14/h2-3,5-8H,4H2,1H3. The van der Waals surface area contributed by atoms with Gasteiger partial charge in [-0.25, -0.2) is 0 Å². The van der Waals surface area contributed by atoms with Gasteiger partial charge in [-0.15, -0.1) is 0 Å². The van der Waals surface area contributed by atoms with Crippen molar-refractivity contribution in [1.29, 1.82) is 0 Å². The first kappa shape index (κ1) is 9.65. The zero-order valence-corrected chi connectivity index (χ0v) is 8.43. The lowest BCUT2D eigenvalue weighted by Crippen LogP contribution is -1.95. The number of aryl methyl sites for hydroxylation is 1. The predicted molar refractivity (Wildman–Crippen MR) is 58.1 cm³/mol. The number of carbonyl (C=O) groups is 2. The van der Waals surface area contributed by atoms with E-state index in [1.54, 1.807) is 10.8 Å². The largest absolute Gasteiger partial charge is 0.340 e. The molecule has 2 aromatic rings. The molecule has 0 N–H and O–H groups in total. The molecule has 2 rings (SSSR count). The summed E-state index contributed by atoms with van der Waals surface area (Å²) in [4.78, 5) is 21.3. The molecule has 0 saturated carbocycles. The van der Waals surface area contributed by atoms with Gasteiger partial charge < -0.3 is 9.36 Å². The Kier molecular flexibility index (Phi) is 2.37. The van der Waals surface area contributed by atoms with Gasteiger partial charge in [0.15, 0.2) is 6.29 Å². The third-order valence-electron chi connectivity index (χ3n) is 2.47. The molecule has 3 nitrogen and oxygen atoms in total. The number of carbonyl (C=O) groups excluding carboxylic acids is 2. The van der Waals surface area contributed by atoms with E-state index in [1.807, 2.05) is 25.1 Å². The highest BCUT2D eigenvalue weighted by Gasteiger charge is 2.07. The molecule has 0 aliphatic carbocycles. The highest BCUT2D eigenvalue weighted by molar-refractivity contribution is 5.98. The van der Waals surface area contributed by atoms with Gasteiger partial charge in [-0.1, -0.05) is 11.6 Å². The van der Waals surface area contributed by atoms with Gasteiger partial charge in [0.2, 0.25) is 0 Å². The van der Waals surface area contributed by atoms with E-state index in [-0.39, 0.29) is 6.54 Å². The van der Waals surface area contributed by atoms with Crippen LogP contribution >= 0.6 is 0 Å². The van der Waals surface area contributed by atoms with Gasteiger partial charge in [0.1, 0.15) is 6.29 Å². The Bertz CT molecular complexity index is 526. The monoisotopic (exact) mass is 201 g/mol. The number of aromatic nitrogens is 1. The van der Waals surface area contributed by atoms with E-state index in [1.165, 1.54) is 0 Å². The van der Waals surface area contributed by atoms with Crippen LogP contribution in [0.5, 0.6) is 0 Å². The fourth-order valence-corrected chi connectivity index (χ4v) is 1.76. The molecule has 1 heterocycles. The molecule has 0 amide bonds. The van der Waals surface area contributed by atoms with E-state index >= 15 is 0 Å². The SMILES string of the molecule is Cc1ccc2c(c1)c(C=O)cn2CC=O. The average Bonchev–Trinajstić information content (AvgIpc) is 2.56. The summed E-state index contributed by atoms with van der Waals surface area (Å²) < 4.78 is 1.78. The first-order chi connectivity index (χ1) is 7.26. The highest BCUT2D eigenvalue weighted by Crippen LogP contribution is 2.21. The average molecular weight is 201 g/mol. The maximum atomic E-state index is 10.8. The van der Waals surface area contributed by atoms with Gasteiger partial charge >= 0.3 is 0 Å². The molecule has 0 aliphatic rings. The van der Waals surface area contributed by atoms with Gasteiger partial charge in [-0.3, -0.25) is 4.79 Å². The normalized spacial score (nSPS) is 10.5. The zero-order chi connectivity index (χ0) is 10.8. The molecule has 0 atom stereocenters. The van der Waals surface area contributed by atoms with Gasteiger partial charge in [0, 0.05) is 22.7 Å². The van der Waals surface area contributed by atoms with E-state index in [2.05, 4.69) is 0 Å². The molecule has 0 aliphatic heterocycles. The minimum Gasteiger partial charge on any atom is -0.340 e. The summed E-state index contributed by atoms with van der Waals surface area (Å²) in [5, 5.41) is 0.909. The first-order valence-corrected chi connectivity index (χ1v) is 4.74. The quantitative estimate of drug-likeness (QED) is 0.712. The van der Waals surface area contributed by atoms with Crippen LogP contribution in [-0.2, 0) is 11.3 Å². The Balaban J connectivity index is 2.74. The fourth-order valence-electron chi connectivity index (χ4n) is 1.76. The summed E-state index contributed by atoms with van der Waals surface area (Å²) in [5.41, 5.74) is 2.67. The first-order valence-electron chi connectivity index (χ1n) is 4.74. The van der Waals surface area contributed by atoms with E-state index in [9.17, 15) is 9.59 Å². The van der Waals surface area contributed by atoms with Gasteiger partial charge in [0.05, 0.1) is 6.54 Å². The van der Waals surface area contributed by atoms with Crippen molar-refractivity contribution >= 4 is 23.5 Å². The van der Waals surface area contributed by atoms with Crippen LogP contribution in [0, 0.1) is 6.92 Å². The summed E-state index contributed by atoms with van der Waals surface area (Å²) >= 11 is 0. The molecule has 0 saturated heterocycles. The lowest BCUT2D eigenvalue weighted by Gasteiger charge is -1.99. The number of nitrogens with zero attached hydrogens (tertiary/aromatic N) is 1. The molecule has 0 radical (unpaired) electrons. The zero-order valence-electron chi connectivity index (χ0n) is 8.43. The summed E-state index contributed by atoms with van der Waals surface area (Å²) in [7, 11) is 0. The Labute approximate surface area is 87.3 Å². The second kappa shape index (κ2) is 3.69. The van der Waals surface area contributed by atoms with E-state index in [0.29, 0.717) is 5.56 Å². The predicted octanol–water partition coefficient (Wildman–Crippen LogP) is 1.96. The number of hydrogen-bond acceptors (Lipinski definition) is 2. The summed E-state index contributed by atoms with van der Waals surface area (Å²) in [6.45, 7) is 2.26. The minimum atomic E-state index is 0.285. The summed E-state index contributed by atoms with van der Waals surface area (Å²) in [5.74, 6) is 0.